The second-order valence-corrected chi connectivity index (χ2v) is 8.11. The summed E-state index contributed by atoms with van der Waals surface area (Å²) < 4.78 is 1.40. The first-order chi connectivity index (χ1) is 15.0. The molecule has 2 amide bonds. The van der Waals surface area contributed by atoms with Gasteiger partial charge in [-0.15, -0.1) is 0 Å². The molecular weight excluding hydrogens is 394 g/mol. The van der Waals surface area contributed by atoms with Gasteiger partial charge in [0.15, 0.2) is 0 Å². The van der Waals surface area contributed by atoms with Crippen molar-refractivity contribution < 1.29 is 14.7 Å². The number of unbranched alkanes of at least 4 members (excludes halogenated alkanes) is 1. The molecule has 4 N–H and O–H groups in total. The molecule has 162 valence electrons. The van der Waals surface area contributed by atoms with Crippen molar-refractivity contribution in [2.75, 3.05) is 6.54 Å². The first kappa shape index (κ1) is 20.8. The molecule has 2 aromatic rings. The number of nitrogens with two attached hydrogens (primary N) is 1. The lowest BCUT2D eigenvalue weighted by atomic mass is 9.73. The Bertz CT molecular complexity index is 1070. The van der Waals surface area contributed by atoms with Gasteiger partial charge >= 0.3 is 6.03 Å². The molecule has 1 saturated carbocycles. The third-order valence-corrected chi connectivity index (χ3v) is 5.91. The molecule has 0 radical (unpaired) electrons. The van der Waals surface area contributed by atoms with E-state index < -0.39 is 11.3 Å². The van der Waals surface area contributed by atoms with Crippen LogP contribution in [-0.2, 0) is 10.2 Å². The maximum atomic E-state index is 12.8. The molecule has 2 aliphatic rings. The van der Waals surface area contributed by atoms with Crippen LogP contribution in [0, 0.1) is 0 Å². The molecule has 8 nitrogen and oxygen atoms in total. The van der Waals surface area contributed by atoms with Gasteiger partial charge in [0.2, 0.25) is 5.91 Å². The molecule has 1 atom stereocenters. The number of nitrogens with zero attached hydrogens (tertiary/aromatic N) is 3. The lowest BCUT2D eigenvalue weighted by Crippen LogP contribution is -2.41. The van der Waals surface area contributed by atoms with E-state index in [0.717, 1.165) is 31.4 Å². The molecule has 1 aliphatic carbocycles. The van der Waals surface area contributed by atoms with Crippen LogP contribution >= 0.6 is 0 Å². The van der Waals surface area contributed by atoms with Crippen LogP contribution in [0.5, 0.6) is 5.75 Å². The van der Waals surface area contributed by atoms with Crippen molar-refractivity contribution in [1.82, 2.24) is 15.1 Å². The van der Waals surface area contributed by atoms with Crippen molar-refractivity contribution in [1.29, 1.82) is 0 Å². The summed E-state index contributed by atoms with van der Waals surface area (Å²) in [5.74, 6) is -0.298. The van der Waals surface area contributed by atoms with E-state index >= 15 is 0 Å². The van der Waals surface area contributed by atoms with Crippen LogP contribution < -0.4 is 11.1 Å². The van der Waals surface area contributed by atoms with Crippen molar-refractivity contribution in [3.8, 4) is 17.0 Å². The summed E-state index contributed by atoms with van der Waals surface area (Å²) in [6, 6.07) is 6.54. The molecule has 0 spiro atoms. The van der Waals surface area contributed by atoms with Crippen LogP contribution in [0.4, 0.5) is 4.79 Å². The quantitative estimate of drug-likeness (QED) is 0.594. The highest BCUT2D eigenvalue weighted by Crippen LogP contribution is 2.45. The SMILES string of the molecule is CCCCNC(=O)n1nc(-c2c(O)cccc2C2(C(N)=O)C=CN=CC2)cc1C1CC1. The lowest BCUT2D eigenvalue weighted by Gasteiger charge is -2.29. The van der Waals surface area contributed by atoms with E-state index in [-0.39, 0.29) is 24.1 Å². The number of phenolic OH excluding ortho intramolecular Hbond substituents is 1. The molecule has 31 heavy (non-hydrogen) atoms. The first-order valence-corrected chi connectivity index (χ1v) is 10.7. The average molecular weight is 422 g/mol. The summed E-state index contributed by atoms with van der Waals surface area (Å²) >= 11 is 0. The number of aromatic hydroxyl groups is 1. The van der Waals surface area contributed by atoms with E-state index in [4.69, 9.17) is 5.73 Å². The normalized spacial score (nSPS) is 20.0. The number of phenols is 1. The van der Waals surface area contributed by atoms with Crippen molar-refractivity contribution >= 4 is 18.2 Å². The fourth-order valence-corrected chi connectivity index (χ4v) is 3.99. The Morgan fingerprint density at radius 3 is 2.81 bits per heavy atom. The first-order valence-electron chi connectivity index (χ1n) is 10.7. The van der Waals surface area contributed by atoms with Crippen molar-refractivity contribution in [2.24, 2.45) is 10.7 Å². The van der Waals surface area contributed by atoms with Gasteiger partial charge in [-0.2, -0.15) is 9.78 Å². The third kappa shape index (κ3) is 3.85. The molecule has 1 fully saturated rings. The van der Waals surface area contributed by atoms with E-state index in [1.807, 2.05) is 6.07 Å². The van der Waals surface area contributed by atoms with E-state index in [1.165, 1.54) is 10.9 Å². The van der Waals surface area contributed by atoms with Crippen molar-refractivity contribution in [3.63, 3.8) is 0 Å². The third-order valence-electron chi connectivity index (χ3n) is 5.91. The van der Waals surface area contributed by atoms with Gasteiger partial charge in [-0.25, -0.2) is 4.79 Å². The molecule has 1 aromatic heterocycles. The van der Waals surface area contributed by atoms with Gasteiger partial charge in [-0.3, -0.25) is 9.79 Å². The molecular formula is C23H27N5O3. The molecule has 0 bridgehead atoms. The number of amides is 2. The van der Waals surface area contributed by atoms with Gasteiger partial charge in [-0.05, 0) is 43.0 Å². The maximum absolute atomic E-state index is 12.8. The number of carbonyl (C=O) groups excluding carboxylic acids is 2. The standard InChI is InChI=1S/C23H27N5O3/c1-2-3-11-26-22(31)28-18(15-7-8-15)14-17(27-28)20-16(5-4-6-19(20)29)23(21(24)30)9-12-25-13-10-23/h4-6,9,12-15,29H,2-3,7-8,10-11H2,1H3,(H2,24,30)(H,26,31). The summed E-state index contributed by atoms with van der Waals surface area (Å²) in [5.41, 5.74) is 6.87. The van der Waals surface area contributed by atoms with Crippen LogP contribution in [0.1, 0.15) is 56.2 Å². The Labute approximate surface area is 180 Å². The lowest BCUT2D eigenvalue weighted by molar-refractivity contribution is -0.121. The topological polar surface area (TPSA) is 123 Å². The molecule has 2 heterocycles. The number of carbonyl (C=O) groups is 2. The number of hydrogen-bond acceptors (Lipinski definition) is 5. The maximum Gasteiger partial charge on any atom is 0.342 e. The van der Waals surface area contributed by atoms with Gasteiger partial charge < -0.3 is 16.2 Å². The Hall–Kier alpha value is -3.42. The van der Waals surface area contributed by atoms with E-state index in [0.29, 0.717) is 23.4 Å². The largest absolute Gasteiger partial charge is 0.507 e. The molecule has 1 aromatic carbocycles. The zero-order valence-corrected chi connectivity index (χ0v) is 17.5. The molecule has 0 saturated heterocycles. The minimum absolute atomic E-state index is 0.0209. The number of aromatic nitrogens is 2. The fraction of sp³-hybridized carbons (Fsp3) is 0.391. The number of rotatable bonds is 7. The van der Waals surface area contributed by atoms with Crippen molar-refractivity contribution in [2.45, 2.75) is 50.4 Å². The van der Waals surface area contributed by atoms with Gasteiger partial charge in [0, 0.05) is 36.9 Å². The predicted octanol–water partition coefficient (Wildman–Crippen LogP) is 3.20. The van der Waals surface area contributed by atoms with Crippen LogP contribution in [-0.4, -0.2) is 39.6 Å². The Balaban J connectivity index is 1.81. The summed E-state index contributed by atoms with van der Waals surface area (Å²) in [6.07, 6.45) is 8.96. The molecule has 8 heteroatoms. The Morgan fingerprint density at radius 2 is 2.16 bits per heavy atom. The number of aliphatic imine (C=N–C) groups is 1. The fourth-order valence-electron chi connectivity index (χ4n) is 3.99. The van der Waals surface area contributed by atoms with E-state index in [9.17, 15) is 14.7 Å². The number of nitrogens with one attached hydrogen (secondary N) is 1. The average Bonchev–Trinajstić information content (AvgIpc) is 3.52. The molecule has 4 rings (SSSR count). The van der Waals surface area contributed by atoms with Gasteiger partial charge in [0.1, 0.15) is 5.75 Å². The number of primary amides is 1. The minimum Gasteiger partial charge on any atom is -0.507 e. The van der Waals surface area contributed by atoms with Gasteiger partial charge in [0.05, 0.1) is 16.8 Å². The van der Waals surface area contributed by atoms with Crippen LogP contribution in [0.3, 0.4) is 0 Å². The zero-order valence-electron chi connectivity index (χ0n) is 17.5. The number of benzene rings is 1. The van der Waals surface area contributed by atoms with Gasteiger partial charge in [0.25, 0.3) is 0 Å². The van der Waals surface area contributed by atoms with E-state index in [2.05, 4.69) is 22.3 Å². The monoisotopic (exact) mass is 421 g/mol. The minimum atomic E-state index is -1.15. The van der Waals surface area contributed by atoms with Crippen molar-refractivity contribution in [3.05, 3.63) is 47.8 Å². The van der Waals surface area contributed by atoms with Crippen LogP contribution in [0.2, 0.25) is 0 Å². The highest BCUT2D eigenvalue weighted by atomic mass is 16.3. The Kier molecular flexibility index (Phi) is 5.63. The van der Waals surface area contributed by atoms with Gasteiger partial charge in [-0.1, -0.05) is 25.5 Å². The van der Waals surface area contributed by atoms with Crippen LogP contribution in [0.25, 0.3) is 11.3 Å². The van der Waals surface area contributed by atoms with Crippen LogP contribution in [0.15, 0.2) is 41.5 Å². The highest BCUT2D eigenvalue weighted by molar-refractivity contribution is 5.96. The summed E-state index contributed by atoms with van der Waals surface area (Å²) in [7, 11) is 0. The summed E-state index contributed by atoms with van der Waals surface area (Å²) in [6.45, 7) is 2.64. The molecule has 1 unspecified atom stereocenters. The second-order valence-electron chi connectivity index (χ2n) is 8.11. The van der Waals surface area contributed by atoms with E-state index in [1.54, 1.807) is 30.5 Å². The predicted molar refractivity (Wildman–Crippen MR) is 118 cm³/mol. The second kappa shape index (κ2) is 8.37. The number of hydrogen-bond donors (Lipinski definition) is 3. The smallest absolute Gasteiger partial charge is 0.342 e. The Morgan fingerprint density at radius 1 is 1.35 bits per heavy atom. The summed E-state index contributed by atoms with van der Waals surface area (Å²) in [4.78, 5) is 29.4. The summed E-state index contributed by atoms with van der Waals surface area (Å²) in [5, 5.41) is 18.2. The highest BCUT2D eigenvalue weighted by Gasteiger charge is 2.40. The molecule has 1 aliphatic heterocycles. The zero-order chi connectivity index (χ0) is 22.0.